The van der Waals surface area contributed by atoms with E-state index in [1.165, 1.54) is 0 Å². The standard InChI is InChI=1S/C20H26N4O3/c1-14-10-17(27-2)6-7-18(14)23-19(25)8-5-15-4-3-9-24(13-15)20(26)16-11-21-22-12-16/h6-7,10-12,15H,3-5,8-9,13H2,1-2H3,(H,21,22)(H,23,25). The number of hydrogen-bond donors (Lipinski definition) is 2. The molecule has 2 aromatic rings. The van der Waals surface area contributed by atoms with E-state index in [0.29, 0.717) is 24.4 Å². The Morgan fingerprint density at radius 3 is 2.96 bits per heavy atom. The Labute approximate surface area is 159 Å². The number of aromatic amines is 1. The van der Waals surface area contributed by atoms with Crippen molar-refractivity contribution in [3.8, 4) is 5.75 Å². The lowest BCUT2D eigenvalue weighted by atomic mass is 9.93. The van der Waals surface area contributed by atoms with Crippen LogP contribution in [-0.4, -0.2) is 47.1 Å². The van der Waals surface area contributed by atoms with Crippen molar-refractivity contribution in [2.45, 2.75) is 32.6 Å². The molecule has 2 N–H and O–H groups in total. The van der Waals surface area contributed by atoms with Gasteiger partial charge in [-0.15, -0.1) is 0 Å². The highest BCUT2D eigenvalue weighted by Gasteiger charge is 2.25. The molecule has 2 heterocycles. The molecule has 0 spiro atoms. The predicted octanol–water partition coefficient (Wildman–Crippen LogP) is 3.00. The number of piperidine rings is 1. The summed E-state index contributed by atoms with van der Waals surface area (Å²) in [4.78, 5) is 26.6. The molecule has 1 unspecified atom stereocenters. The number of nitrogens with zero attached hydrogens (tertiary/aromatic N) is 2. The lowest BCUT2D eigenvalue weighted by Gasteiger charge is -2.32. The number of nitrogens with one attached hydrogen (secondary N) is 2. The summed E-state index contributed by atoms with van der Waals surface area (Å²) in [5, 5.41) is 9.49. The number of aromatic nitrogens is 2. The second-order valence-electron chi connectivity index (χ2n) is 7.01. The minimum atomic E-state index is 0.00144. The lowest BCUT2D eigenvalue weighted by molar-refractivity contribution is -0.116. The Hall–Kier alpha value is -2.83. The molecule has 0 bridgehead atoms. The van der Waals surface area contributed by atoms with E-state index in [1.807, 2.05) is 30.0 Å². The molecule has 7 nitrogen and oxygen atoms in total. The number of amides is 2. The van der Waals surface area contributed by atoms with Gasteiger partial charge in [0.25, 0.3) is 5.91 Å². The van der Waals surface area contributed by atoms with Crippen LogP contribution in [0.2, 0.25) is 0 Å². The van der Waals surface area contributed by atoms with Gasteiger partial charge < -0.3 is 15.0 Å². The van der Waals surface area contributed by atoms with E-state index in [2.05, 4.69) is 15.5 Å². The van der Waals surface area contributed by atoms with Gasteiger partial charge in [-0.3, -0.25) is 14.7 Å². The van der Waals surface area contributed by atoms with E-state index in [-0.39, 0.29) is 11.8 Å². The van der Waals surface area contributed by atoms with E-state index in [9.17, 15) is 9.59 Å². The van der Waals surface area contributed by atoms with Gasteiger partial charge in [0.2, 0.25) is 5.91 Å². The Morgan fingerprint density at radius 2 is 2.26 bits per heavy atom. The van der Waals surface area contributed by atoms with Crippen molar-refractivity contribution in [1.82, 2.24) is 15.1 Å². The van der Waals surface area contributed by atoms with Crippen LogP contribution in [0.1, 0.15) is 41.6 Å². The molecular weight excluding hydrogens is 344 g/mol. The maximum absolute atomic E-state index is 12.5. The molecule has 1 saturated heterocycles. The van der Waals surface area contributed by atoms with Crippen LogP contribution >= 0.6 is 0 Å². The number of anilines is 1. The number of ether oxygens (including phenoxy) is 1. The number of likely N-dealkylation sites (tertiary alicyclic amines) is 1. The predicted molar refractivity (Wildman–Crippen MR) is 103 cm³/mol. The zero-order valence-corrected chi connectivity index (χ0v) is 15.8. The van der Waals surface area contributed by atoms with Crippen molar-refractivity contribution in [2.24, 2.45) is 5.92 Å². The minimum absolute atomic E-state index is 0.00144. The highest BCUT2D eigenvalue weighted by atomic mass is 16.5. The molecular formula is C20H26N4O3. The van der Waals surface area contributed by atoms with E-state index in [1.54, 1.807) is 19.5 Å². The van der Waals surface area contributed by atoms with Crippen LogP contribution < -0.4 is 10.1 Å². The van der Waals surface area contributed by atoms with Gasteiger partial charge in [-0.1, -0.05) is 0 Å². The van der Waals surface area contributed by atoms with E-state index < -0.39 is 0 Å². The van der Waals surface area contributed by atoms with Crippen LogP contribution in [0.3, 0.4) is 0 Å². The third kappa shape index (κ3) is 4.87. The number of hydrogen-bond acceptors (Lipinski definition) is 4. The van der Waals surface area contributed by atoms with Crippen LogP contribution in [0.4, 0.5) is 5.69 Å². The summed E-state index contributed by atoms with van der Waals surface area (Å²) in [5.41, 5.74) is 2.36. The molecule has 144 valence electrons. The maximum atomic E-state index is 12.5. The van der Waals surface area contributed by atoms with Gasteiger partial charge in [0.05, 0.1) is 18.9 Å². The average Bonchev–Trinajstić information content (AvgIpc) is 3.22. The van der Waals surface area contributed by atoms with Crippen LogP contribution in [0.15, 0.2) is 30.6 Å². The number of carbonyl (C=O) groups excluding carboxylic acids is 2. The average molecular weight is 370 g/mol. The summed E-state index contributed by atoms with van der Waals surface area (Å²) in [6, 6.07) is 5.59. The number of methoxy groups -OCH3 is 1. The quantitative estimate of drug-likeness (QED) is 0.818. The van der Waals surface area contributed by atoms with Gasteiger partial charge in [-0.05, 0) is 55.9 Å². The van der Waals surface area contributed by atoms with Gasteiger partial charge in [-0.25, -0.2) is 0 Å². The number of carbonyl (C=O) groups is 2. The van der Waals surface area contributed by atoms with Crippen molar-refractivity contribution >= 4 is 17.5 Å². The summed E-state index contributed by atoms with van der Waals surface area (Å²) in [5.74, 6) is 1.13. The van der Waals surface area contributed by atoms with Crippen molar-refractivity contribution < 1.29 is 14.3 Å². The minimum Gasteiger partial charge on any atom is -0.497 e. The van der Waals surface area contributed by atoms with Crippen molar-refractivity contribution in [3.63, 3.8) is 0 Å². The lowest BCUT2D eigenvalue weighted by Crippen LogP contribution is -2.40. The number of rotatable bonds is 6. The van der Waals surface area contributed by atoms with Crippen molar-refractivity contribution in [1.29, 1.82) is 0 Å². The number of benzene rings is 1. The first-order valence-electron chi connectivity index (χ1n) is 9.29. The monoisotopic (exact) mass is 370 g/mol. The largest absolute Gasteiger partial charge is 0.497 e. The van der Waals surface area contributed by atoms with Crippen molar-refractivity contribution in [2.75, 3.05) is 25.5 Å². The Balaban J connectivity index is 1.49. The maximum Gasteiger partial charge on any atom is 0.257 e. The van der Waals surface area contributed by atoms with Crippen LogP contribution in [0.5, 0.6) is 5.75 Å². The molecule has 27 heavy (non-hydrogen) atoms. The molecule has 1 aromatic carbocycles. The number of aryl methyl sites for hydroxylation is 1. The third-order valence-corrected chi connectivity index (χ3v) is 5.04. The molecule has 1 atom stereocenters. The third-order valence-electron chi connectivity index (χ3n) is 5.04. The fraction of sp³-hybridized carbons (Fsp3) is 0.450. The van der Waals surface area contributed by atoms with Gasteiger partial charge in [-0.2, -0.15) is 5.10 Å². The Kier molecular flexibility index (Phi) is 6.11. The summed E-state index contributed by atoms with van der Waals surface area (Å²) >= 11 is 0. The van der Waals surface area contributed by atoms with E-state index >= 15 is 0 Å². The first kappa shape index (κ1) is 18.9. The van der Waals surface area contributed by atoms with Gasteiger partial charge in [0.1, 0.15) is 5.75 Å². The second kappa shape index (κ2) is 8.70. The van der Waals surface area contributed by atoms with E-state index in [0.717, 1.165) is 42.8 Å². The molecule has 2 amide bonds. The molecule has 1 fully saturated rings. The number of H-pyrrole nitrogens is 1. The zero-order chi connectivity index (χ0) is 19.2. The van der Waals surface area contributed by atoms with Crippen LogP contribution in [0.25, 0.3) is 0 Å². The smallest absolute Gasteiger partial charge is 0.257 e. The highest BCUT2D eigenvalue weighted by Crippen LogP contribution is 2.24. The highest BCUT2D eigenvalue weighted by molar-refractivity contribution is 5.94. The fourth-order valence-electron chi connectivity index (χ4n) is 3.49. The van der Waals surface area contributed by atoms with Gasteiger partial charge >= 0.3 is 0 Å². The SMILES string of the molecule is COc1ccc(NC(=O)CCC2CCCN(C(=O)c3cn[nH]c3)C2)c(C)c1. The first-order chi connectivity index (χ1) is 13.1. The topological polar surface area (TPSA) is 87.3 Å². The molecule has 0 aliphatic carbocycles. The summed E-state index contributed by atoms with van der Waals surface area (Å²) in [6.45, 7) is 3.40. The van der Waals surface area contributed by atoms with Gasteiger partial charge in [0.15, 0.2) is 0 Å². The normalized spacial score (nSPS) is 16.8. The Bertz CT molecular complexity index is 789. The summed E-state index contributed by atoms with van der Waals surface area (Å²) in [7, 11) is 1.62. The summed E-state index contributed by atoms with van der Waals surface area (Å²) in [6.07, 6.45) is 6.41. The molecule has 0 radical (unpaired) electrons. The van der Waals surface area contributed by atoms with E-state index in [4.69, 9.17) is 4.74 Å². The van der Waals surface area contributed by atoms with Crippen LogP contribution in [0, 0.1) is 12.8 Å². The molecule has 0 saturated carbocycles. The first-order valence-corrected chi connectivity index (χ1v) is 9.29. The van der Waals surface area contributed by atoms with Crippen molar-refractivity contribution in [3.05, 3.63) is 41.7 Å². The fourth-order valence-corrected chi connectivity index (χ4v) is 3.49. The molecule has 3 rings (SSSR count). The molecule has 7 heteroatoms. The zero-order valence-electron chi connectivity index (χ0n) is 15.8. The van der Waals surface area contributed by atoms with Crippen LogP contribution in [-0.2, 0) is 4.79 Å². The second-order valence-corrected chi connectivity index (χ2v) is 7.01. The molecule has 1 aromatic heterocycles. The molecule has 1 aliphatic heterocycles. The van der Waals surface area contributed by atoms with Gasteiger partial charge in [0, 0.05) is 31.4 Å². The summed E-state index contributed by atoms with van der Waals surface area (Å²) < 4.78 is 5.19. The molecule has 1 aliphatic rings. The Morgan fingerprint density at radius 1 is 1.41 bits per heavy atom.